The molecule has 3 N–H and O–H groups in total. The Hall–Kier alpha value is -0.640. The number of hydrogen-bond acceptors (Lipinski definition) is 4. The number of aliphatic imine (C=N–C) groups is 1. The molecule has 7 heteroatoms. The Labute approximate surface area is 175 Å². The number of likely N-dealkylation sites (tertiary alicyclic amines) is 1. The van der Waals surface area contributed by atoms with Crippen LogP contribution in [0.25, 0.3) is 0 Å². The average Bonchev–Trinajstić information content (AvgIpc) is 3.28. The zero-order chi connectivity index (χ0) is 16.6. The maximum Gasteiger partial charge on any atom is 0.188 e. The first-order valence-corrected chi connectivity index (χ1v) is 10.4. The fraction of sp³-hybridized carbons (Fsp3) is 0.500. The minimum Gasteiger partial charge on any atom is -0.370 e. The molecule has 1 aliphatic heterocycles. The summed E-state index contributed by atoms with van der Waals surface area (Å²) < 4.78 is 0. The quantitative estimate of drug-likeness (QED) is 0.353. The largest absolute Gasteiger partial charge is 0.370 e. The number of piperidine rings is 1. The van der Waals surface area contributed by atoms with Crippen LogP contribution in [0, 0.1) is 5.92 Å². The van der Waals surface area contributed by atoms with Crippen molar-refractivity contribution in [2.75, 3.05) is 26.2 Å². The number of thiophene rings is 2. The van der Waals surface area contributed by atoms with Gasteiger partial charge in [0.15, 0.2) is 5.96 Å². The zero-order valence-corrected chi connectivity index (χ0v) is 18.4. The summed E-state index contributed by atoms with van der Waals surface area (Å²) in [6.07, 6.45) is 3.45. The third-order valence-corrected chi connectivity index (χ3v) is 6.24. The van der Waals surface area contributed by atoms with E-state index in [9.17, 15) is 0 Å². The molecule has 0 atom stereocenters. The van der Waals surface area contributed by atoms with Gasteiger partial charge in [-0.05, 0) is 61.2 Å². The highest BCUT2D eigenvalue weighted by molar-refractivity contribution is 14.0. The van der Waals surface area contributed by atoms with Crippen LogP contribution in [0.5, 0.6) is 0 Å². The highest BCUT2D eigenvalue weighted by atomic mass is 127. The highest BCUT2D eigenvalue weighted by Crippen LogP contribution is 2.20. The van der Waals surface area contributed by atoms with Crippen molar-refractivity contribution in [3.8, 4) is 0 Å². The molecule has 0 aromatic carbocycles. The number of nitrogens with zero attached hydrogens (tertiary/aromatic N) is 2. The first-order chi connectivity index (χ1) is 11.8. The standard InChI is InChI=1S/C18H26N4S2.HI/c19-18(20-8-5-16-3-1-11-23-16)21-13-15-6-9-22(10-7-15)14-17-4-2-12-24-17;/h1-4,11-12,15H,5-10,13-14H2,(H3,19,20,21);1H. The van der Waals surface area contributed by atoms with E-state index in [4.69, 9.17) is 5.73 Å². The van der Waals surface area contributed by atoms with Crippen molar-refractivity contribution in [2.24, 2.45) is 16.6 Å². The molecule has 4 nitrogen and oxygen atoms in total. The maximum atomic E-state index is 5.98. The van der Waals surface area contributed by atoms with Gasteiger partial charge in [-0.1, -0.05) is 12.1 Å². The van der Waals surface area contributed by atoms with E-state index < -0.39 is 0 Å². The summed E-state index contributed by atoms with van der Waals surface area (Å²) in [4.78, 5) is 9.93. The van der Waals surface area contributed by atoms with Gasteiger partial charge in [-0.15, -0.1) is 46.7 Å². The molecule has 138 valence electrons. The molecule has 1 fully saturated rings. The van der Waals surface area contributed by atoms with Crippen molar-refractivity contribution in [3.63, 3.8) is 0 Å². The molecule has 0 unspecified atom stereocenters. The summed E-state index contributed by atoms with van der Waals surface area (Å²) in [7, 11) is 0. The molecular formula is C18H27IN4S2. The summed E-state index contributed by atoms with van der Waals surface area (Å²) >= 11 is 3.64. The van der Waals surface area contributed by atoms with Gasteiger partial charge in [0.25, 0.3) is 0 Å². The van der Waals surface area contributed by atoms with Gasteiger partial charge in [0.2, 0.25) is 0 Å². The Kier molecular flexibility index (Phi) is 9.22. The molecule has 2 aromatic heterocycles. The minimum absolute atomic E-state index is 0. The summed E-state index contributed by atoms with van der Waals surface area (Å²) in [5.41, 5.74) is 5.98. The van der Waals surface area contributed by atoms with Crippen molar-refractivity contribution in [3.05, 3.63) is 44.8 Å². The molecule has 3 heterocycles. The third kappa shape index (κ3) is 7.24. The van der Waals surface area contributed by atoms with Gasteiger partial charge in [0.1, 0.15) is 0 Å². The average molecular weight is 490 g/mol. The van der Waals surface area contributed by atoms with E-state index in [2.05, 4.69) is 50.2 Å². The van der Waals surface area contributed by atoms with E-state index >= 15 is 0 Å². The number of rotatable bonds is 7. The topological polar surface area (TPSA) is 53.6 Å². The van der Waals surface area contributed by atoms with Crippen molar-refractivity contribution in [1.29, 1.82) is 0 Å². The number of guanidine groups is 1. The smallest absolute Gasteiger partial charge is 0.188 e. The highest BCUT2D eigenvalue weighted by Gasteiger charge is 2.19. The SMILES string of the molecule is I.NC(=NCC1CCN(Cc2cccs2)CC1)NCCc1cccs1. The summed E-state index contributed by atoms with van der Waals surface area (Å²) in [6, 6.07) is 8.60. The van der Waals surface area contributed by atoms with Crippen LogP contribution in [0.4, 0.5) is 0 Å². The lowest BCUT2D eigenvalue weighted by Gasteiger charge is -2.30. The van der Waals surface area contributed by atoms with E-state index in [1.165, 1.54) is 35.7 Å². The molecule has 0 aliphatic carbocycles. The van der Waals surface area contributed by atoms with Crippen LogP contribution in [-0.2, 0) is 13.0 Å². The van der Waals surface area contributed by atoms with E-state index in [1.807, 2.05) is 11.3 Å². The number of halogens is 1. The minimum atomic E-state index is 0. The van der Waals surface area contributed by atoms with E-state index in [0.29, 0.717) is 11.9 Å². The Morgan fingerprint density at radius 2 is 1.84 bits per heavy atom. The Balaban J connectivity index is 0.00000225. The first kappa shape index (κ1) is 20.7. The van der Waals surface area contributed by atoms with Crippen LogP contribution in [0.3, 0.4) is 0 Å². The second kappa shape index (κ2) is 11.2. The predicted molar refractivity (Wildman–Crippen MR) is 120 cm³/mol. The van der Waals surface area contributed by atoms with E-state index in [0.717, 1.165) is 26.1 Å². The molecule has 0 radical (unpaired) electrons. The lowest BCUT2D eigenvalue weighted by atomic mass is 9.97. The fourth-order valence-electron chi connectivity index (χ4n) is 3.00. The second-order valence-corrected chi connectivity index (χ2v) is 8.35. The van der Waals surface area contributed by atoms with Gasteiger partial charge in [-0.25, -0.2) is 0 Å². The Morgan fingerprint density at radius 1 is 1.16 bits per heavy atom. The Bertz CT molecular complexity index is 605. The fourth-order valence-corrected chi connectivity index (χ4v) is 4.46. The van der Waals surface area contributed by atoms with Crippen molar-refractivity contribution in [2.45, 2.75) is 25.8 Å². The molecule has 0 amide bonds. The normalized spacial score (nSPS) is 16.6. The number of hydrogen-bond donors (Lipinski definition) is 2. The van der Waals surface area contributed by atoms with Crippen LogP contribution in [0.2, 0.25) is 0 Å². The summed E-state index contributed by atoms with van der Waals surface area (Å²) in [5, 5.41) is 7.49. The van der Waals surface area contributed by atoms with Gasteiger partial charge < -0.3 is 11.1 Å². The molecule has 0 spiro atoms. The molecule has 1 saturated heterocycles. The predicted octanol–water partition coefficient (Wildman–Crippen LogP) is 3.79. The van der Waals surface area contributed by atoms with Crippen LogP contribution in [0.15, 0.2) is 40.0 Å². The van der Waals surface area contributed by atoms with Gasteiger partial charge >= 0.3 is 0 Å². The van der Waals surface area contributed by atoms with E-state index in [1.54, 1.807) is 11.3 Å². The first-order valence-electron chi connectivity index (χ1n) is 8.60. The molecule has 1 aliphatic rings. The second-order valence-electron chi connectivity index (χ2n) is 6.28. The lowest BCUT2D eigenvalue weighted by molar-refractivity contribution is 0.182. The lowest BCUT2D eigenvalue weighted by Crippen LogP contribution is -2.36. The van der Waals surface area contributed by atoms with Gasteiger partial charge in [-0.2, -0.15) is 0 Å². The van der Waals surface area contributed by atoms with Gasteiger partial charge in [0, 0.05) is 29.4 Å². The molecular weight excluding hydrogens is 463 g/mol. The monoisotopic (exact) mass is 490 g/mol. The van der Waals surface area contributed by atoms with Crippen LogP contribution in [-0.4, -0.2) is 37.0 Å². The van der Waals surface area contributed by atoms with Gasteiger partial charge in [0.05, 0.1) is 0 Å². The summed E-state index contributed by atoms with van der Waals surface area (Å²) in [6.45, 7) is 5.15. The van der Waals surface area contributed by atoms with Crippen molar-refractivity contribution < 1.29 is 0 Å². The Morgan fingerprint density at radius 3 is 2.48 bits per heavy atom. The molecule has 0 bridgehead atoms. The van der Waals surface area contributed by atoms with Crippen LogP contribution in [0.1, 0.15) is 22.6 Å². The van der Waals surface area contributed by atoms with Gasteiger partial charge in [-0.3, -0.25) is 9.89 Å². The third-order valence-electron chi connectivity index (χ3n) is 4.44. The van der Waals surface area contributed by atoms with Crippen LogP contribution < -0.4 is 11.1 Å². The molecule has 2 aromatic rings. The molecule has 3 rings (SSSR count). The number of nitrogens with two attached hydrogens (primary N) is 1. The van der Waals surface area contributed by atoms with Crippen molar-refractivity contribution >= 4 is 52.6 Å². The zero-order valence-electron chi connectivity index (χ0n) is 14.4. The van der Waals surface area contributed by atoms with E-state index in [-0.39, 0.29) is 24.0 Å². The van der Waals surface area contributed by atoms with Crippen molar-refractivity contribution in [1.82, 2.24) is 10.2 Å². The maximum absolute atomic E-state index is 5.98. The van der Waals surface area contributed by atoms with Crippen LogP contribution >= 0.6 is 46.7 Å². The molecule has 0 saturated carbocycles. The number of nitrogens with one attached hydrogen (secondary N) is 1. The summed E-state index contributed by atoms with van der Waals surface area (Å²) in [5.74, 6) is 1.26. The molecule has 25 heavy (non-hydrogen) atoms.